The van der Waals surface area contributed by atoms with Crippen LogP contribution in [0.1, 0.15) is 31.7 Å². The number of rotatable bonds is 5. The Kier molecular flexibility index (Phi) is 5.26. The molecule has 5 nitrogen and oxygen atoms in total. The maximum Gasteiger partial charge on any atom is 0.131 e. The number of benzene rings is 1. The van der Waals surface area contributed by atoms with Crippen LogP contribution in [-0.4, -0.2) is 20.7 Å². The molecular weight excluding hydrogens is 283 g/mol. The van der Waals surface area contributed by atoms with Gasteiger partial charge in [-0.25, -0.2) is 4.39 Å². The number of ether oxygens (including phenoxy) is 1. The van der Waals surface area contributed by atoms with Gasteiger partial charge in [0.25, 0.3) is 0 Å². The van der Waals surface area contributed by atoms with E-state index in [0.717, 1.165) is 25.8 Å². The summed E-state index contributed by atoms with van der Waals surface area (Å²) in [6, 6.07) is 2.96. The van der Waals surface area contributed by atoms with Gasteiger partial charge in [-0.3, -0.25) is 5.84 Å². The van der Waals surface area contributed by atoms with Crippen molar-refractivity contribution in [2.24, 2.45) is 17.7 Å². The first-order chi connectivity index (χ1) is 10.5. The van der Waals surface area contributed by atoms with E-state index in [1.54, 1.807) is 13.2 Å². The number of hydrogen-bond acceptors (Lipinski definition) is 5. The van der Waals surface area contributed by atoms with Gasteiger partial charge in [-0.1, -0.05) is 13.3 Å². The van der Waals surface area contributed by atoms with Crippen molar-refractivity contribution in [1.82, 2.24) is 5.32 Å². The van der Waals surface area contributed by atoms with Gasteiger partial charge in [0, 0.05) is 25.1 Å². The summed E-state index contributed by atoms with van der Waals surface area (Å²) in [5, 5.41) is 3.20. The monoisotopic (exact) mass is 310 g/mol. The standard InChI is InChI=1S/C16H27FN4O/c1-10-5-4-6-11(9-20-2)16(10,22-3)14-12(17)7-8-13(21-19)15(14)18/h7-8,10-11,20-21H,4-6,9,18-19H2,1-3H3. The molecule has 1 aliphatic rings. The minimum absolute atomic E-state index is 0.149. The summed E-state index contributed by atoms with van der Waals surface area (Å²) in [6.07, 6.45) is 3.06. The van der Waals surface area contributed by atoms with E-state index in [-0.39, 0.29) is 17.7 Å². The Morgan fingerprint density at radius 2 is 2.14 bits per heavy atom. The molecule has 1 aromatic rings. The van der Waals surface area contributed by atoms with Gasteiger partial charge in [-0.15, -0.1) is 0 Å². The van der Waals surface area contributed by atoms with Gasteiger partial charge in [0.1, 0.15) is 11.4 Å². The van der Waals surface area contributed by atoms with Crippen molar-refractivity contribution in [3.8, 4) is 0 Å². The van der Waals surface area contributed by atoms with Crippen molar-refractivity contribution in [3.05, 3.63) is 23.5 Å². The lowest BCUT2D eigenvalue weighted by Gasteiger charge is -2.48. The summed E-state index contributed by atoms with van der Waals surface area (Å²) in [6.45, 7) is 2.85. The molecule has 0 aliphatic heterocycles. The number of hydrogen-bond donors (Lipinski definition) is 4. The minimum Gasteiger partial charge on any atom is -0.397 e. The molecule has 0 heterocycles. The number of methoxy groups -OCH3 is 1. The van der Waals surface area contributed by atoms with Gasteiger partial charge >= 0.3 is 0 Å². The fourth-order valence-corrected chi connectivity index (χ4v) is 4.04. The number of hydrazine groups is 1. The zero-order valence-corrected chi connectivity index (χ0v) is 13.6. The highest BCUT2D eigenvalue weighted by Crippen LogP contribution is 2.51. The summed E-state index contributed by atoms with van der Waals surface area (Å²) in [7, 11) is 3.54. The van der Waals surface area contributed by atoms with Crippen LogP contribution in [0.3, 0.4) is 0 Å². The Morgan fingerprint density at radius 3 is 2.73 bits per heavy atom. The van der Waals surface area contributed by atoms with Crippen LogP contribution in [0.25, 0.3) is 0 Å². The predicted octanol–water partition coefficient (Wildman–Crippen LogP) is 2.19. The van der Waals surface area contributed by atoms with Crippen LogP contribution >= 0.6 is 0 Å². The number of nitrogen functional groups attached to an aromatic ring is 2. The van der Waals surface area contributed by atoms with E-state index >= 15 is 0 Å². The van der Waals surface area contributed by atoms with E-state index in [4.69, 9.17) is 16.3 Å². The third-order valence-corrected chi connectivity index (χ3v) is 5.06. The van der Waals surface area contributed by atoms with Crippen molar-refractivity contribution in [1.29, 1.82) is 0 Å². The van der Waals surface area contributed by atoms with Gasteiger partial charge in [0.05, 0.1) is 11.4 Å². The molecule has 1 saturated carbocycles. The molecule has 0 radical (unpaired) electrons. The number of halogens is 1. The quantitative estimate of drug-likeness (QED) is 0.380. The Balaban J connectivity index is 2.66. The molecule has 0 spiro atoms. The second kappa shape index (κ2) is 6.81. The molecule has 6 N–H and O–H groups in total. The van der Waals surface area contributed by atoms with Gasteiger partial charge < -0.3 is 21.2 Å². The second-order valence-electron chi connectivity index (χ2n) is 6.11. The molecular formula is C16H27FN4O. The van der Waals surface area contributed by atoms with E-state index in [9.17, 15) is 4.39 Å². The van der Waals surface area contributed by atoms with Crippen LogP contribution < -0.4 is 22.3 Å². The molecule has 3 atom stereocenters. The first kappa shape index (κ1) is 17.0. The van der Waals surface area contributed by atoms with Gasteiger partial charge in [-0.2, -0.15) is 0 Å². The summed E-state index contributed by atoms with van der Waals surface area (Å²) in [4.78, 5) is 0. The highest BCUT2D eigenvalue weighted by molar-refractivity contribution is 5.71. The van der Waals surface area contributed by atoms with Gasteiger partial charge in [0.2, 0.25) is 0 Å². The van der Waals surface area contributed by atoms with Gasteiger partial charge in [-0.05, 0) is 37.9 Å². The molecule has 0 bridgehead atoms. The van der Waals surface area contributed by atoms with Crippen LogP contribution in [0.4, 0.5) is 15.8 Å². The maximum atomic E-state index is 14.7. The molecule has 0 aromatic heterocycles. The maximum absolute atomic E-state index is 14.7. The van der Waals surface area contributed by atoms with Crippen molar-refractivity contribution in [2.45, 2.75) is 31.8 Å². The Morgan fingerprint density at radius 1 is 1.41 bits per heavy atom. The lowest BCUT2D eigenvalue weighted by Crippen LogP contribution is -2.50. The number of nitrogens with two attached hydrogens (primary N) is 2. The number of nitrogens with one attached hydrogen (secondary N) is 2. The molecule has 0 amide bonds. The second-order valence-corrected chi connectivity index (χ2v) is 6.11. The number of anilines is 2. The zero-order chi connectivity index (χ0) is 16.3. The van der Waals surface area contributed by atoms with Gasteiger partial charge in [0.15, 0.2) is 0 Å². The Labute approximate surface area is 131 Å². The summed E-state index contributed by atoms with van der Waals surface area (Å²) in [5.74, 6) is 5.48. The summed E-state index contributed by atoms with van der Waals surface area (Å²) < 4.78 is 20.7. The fraction of sp³-hybridized carbons (Fsp3) is 0.625. The first-order valence-electron chi connectivity index (χ1n) is 7.77. The van der Waals surface area contributed by atoms with E-state index in [2.05, 4.69) is 17.7 Å². The molecule has 22 heavy (non-hydrogen) atoms. The highest BCUT2D eigenvalue weighted by atomic mass is 19.1. The lowest BCUT2D eigenvalue weighted by molar-refractivity contribution is -0.126. The molecule has 6 heteroatoms. The lowest BCUT2D eigenvalue weighted by atomic mass is 9.64. The van der Waals surface area contributed by atoms with Crippen molar-refractivity contribution < 1.29 is 9.13 Å². The average molecular weight is 310 g/mol. The highest BCUT2D eigenvalue weighted by Gasteiger charge is 2.50. The van der Waals surface area contributed by atoms with Crippen molar-refractivity contribution in [2.75, 3.05) is 31.9 Å². The zero-order valence-electron chi connectivity index (χ0n) is 13.6. The summed E-state index contributed by atoms with van der Waals surface area (Å²) in [5.41, 5.74) is 9.30. The largest absolute Gasteiger partial charge is 0.397 e. The normalized spacial score (nSPS) is 28.6. The Hall–Kier alpha value is -1.37. The average Bonchev–Trinajstić information content (AvgIpc) is 2.50. The van der Waals surface area contributed by atoms with Crippen LogP contribution in [-0.2, 0) is 10.3 Å². The van der Waals surface area contributed by atoms with E-state index in [1.807, 2.05) is 7.05 Å². The first-order valence-corrected chi connectivity index (χ1v) is 7.77. The molecule has 3 unspecified atom stereocenters. The van der Waals surface area contributed by atoms with Crippen molar-refractivity contribution in [3.63, 3.8) is 0 Å². The SMILES string of the molecule is CNCC1CCCC(C)C1(OC)c1c(F)ccc(NN)c1N. The molecule has 1 fully saturated rings. The smallest absolute Gasteiger partial charge is 0.131 e. The fourth-order valence-electron chi connectivity index (χ4n) is 4.04. The molecule has 0 saturated heterocycles. The minimum atomic E-state index is -0.748. The Bertz CT molecular complexity index is 523. The van der Waals surface area contributed by atoms with Crippen molar-refractivity contribution >= 4 is 11.4 Å². The molecule has 1 aliphatic carbocycles. The van der Waals surface area contributed by atoms with Crippen LogP contribution in [0.5, 0.6) is 0 Å². The van der Waals surface area contributed by atoms with E-state index in [0.29, 0.717) is 16.9 Å². The van der Waals surface area contributed by atoms with Crippen LogP contribution in [0.15, 0.2) is 12.1 Å². The van der Waals surface area contributed by atoms with Crippen LogP contribution in [0.2, 0.25) is 0 Å². The topological polar surface area (TPSA) is 85.3 Å². The van der Waals surface area contributed by atoms with E-state index < -0.39 is 5.60 Å². The predicted molar refractivity (Wildman–Crippen MR) is 87.7 cm³/mol. The molecule has 2 rings (SSSR count). The molecule has 124 valence electrons. The summed E-state index contributed by atoms with van der Waals surface area (Å²) >= 11 is 0. The molecule has 1 aromatic carbocycles. The third-order valence-electron chi connectivity index (χ3n) is 5.06. The van der Waals surface area contributed by atoms with Crippen LogP contribution in [0, 0.1) is 17.7 Å². The van der Waals surface area contributed by atoms with E-state index in [1.165, 1.54) is 6.07 Å². The third kappa shape index (κ3) is 2.55.